The summed E-state index contributed by atoms with van der Waals surface area (Å²) in [5, 5.41) is 0. The van der Waals surface area contributed by atoms with Gasteiger partial charge in [-0.1, -0.05) is 28.1 Å². The fourth-order valence-corrected chi connectivity index (χ4v) is 1.17. The first-order valence-corrected chi connectivity index (χ1v) is 5.24. The van der Waals surface area contributed by atoms with E-state index in [0.717, 1.165) is 17.6 Å². The van der Waals surface area contributed by atoms with Gasteiger partial charge in [0, 0.05) is 14.2 Å². The van der Waals surface area contributed by atoms with Gasteiger partial charge in [0.2, 0.25) is 0 Å². The third kappa shape index (κ3) is 5.54. The first-order valence-electron chi connectivity index (χ1n) is 4.33. The molecule has 0 aliphatic carbocycles. The van der Waals surface area contributed by atoms with Crippen LogP contribution in [0.25, 0.3) is 0 Å². The molecule has 0 aromatic heterocycles. The highest BCUT2D eigenvalue weighted by molar-refractivity contribution is 9.09. The van der Waals surface area contributed by atoms with Crippen molar-refractivity contribution in [3.8, 4) is 5.75 Å². The van der Waals surface area contributed by atoms with Gasteiger partial charge in [0.1, 0.15) is 12.0 Å². The van der Waals surface area contributed by atoms with Crippen LogP contribution in [0.15, 0.2) is 24.3 Å². The lowest BCUT2D eigenvalue weighted by atomic mass is 10.2. The third-order valence-electron chi connectivity index (χ3n) is 1.55. The fraction of sp³-hybridized carbons (Fsp3) is 0.364. The van der Waals surface area contributed by atoms with E-state index in [1.807, 2.05) is 24.3 Å². The van der Waals surface area contributed by atoms with Crippen LogP contribution >= 0.6 is 15.9 Å². The van der Waals surface area contributed by atoms with E-state index < -0.39 is 0 Å². The minimum absolute atomic E-state index is 0.219. The van der Waals surface area contributed by atoms with Crippen LogP contribution in [0.3, 0.4) is 0 Å². The number of carbonyl (C=O) groups is 1. The van der Waals surface area contributed by atoms with Crippen LogP contribution < -0.4 is 4.74 Å². The second-order valence-electron chi connectivity index (χ2n) is 2.72. The maximum atomic E-state index is 10.4. The van der Waals surface area contributed by atoms with Crippen LogP contribution in [-0.2, 0) is 9.53 Å². The van der Waals surface area contributed by atoms with Crippen molar-refractivity contribution in [3.63, 3.8) is 0 Å². The topological polar surface area (TPSA) is 35.5 Å². The highest BCUT2D eigenvalue weighted by atomic mass is 79.9. The van der Waals surface area contributed by atoms with Crippen LogP contribution in [0.5, 0.6) is 5.75 Å². The highest BCUT2D eigenvalue weighted by Crippen LogP contribution is 2.22. The van der Waals surface area contributed by atoms with E-state index in [1.165, 1.54) is 0 Å². The molecular weight excluding hydrogens is 260 g/mol. The molecule has 15 heavy (non-hydrogen) atoms. The van der Waals surface area contributed by atoms with Crippen LogP contribution in [0, 0.1) is 0 Å². The molecule has 0 amide bonds. The normalized spacial score (nSPS) is 10.9. The second kappa shape index (κ2) is 8.44. The molecule has 1 unspecified atom stereocenters. The summed E-state index contributed by atoms with van der Waals surface area (Å²) in [5.41, 5.74) is 0.936. The lowest BCUT2D eigenvalue weighted by molar-refractivity contribution is -0.107. The van der Waals surface area contributed by atoms with Gasteiger partial charge < -0.3 is 14.3 Å². The molecule has 0 heterocycles. The predicted octanol–water partition coefficient (Wildman–Crippen LogP) is 2.59. The number of methoxy groups -OCH3 is 2. The molecule has 84 valence electrons. The number of alkyl halides is 1. The molecule has 0 bridgehead atoms. The predicted molar refractivity (Wildman–Crippen MR) is 63.7 cm³/mol. The molecule has 0 saturated carbocycles. The van der Waals surface area contributed by atoms with Crippen LogP contribution in [0.1, 0.15) is 10.4 Å². The number of hydrogen-bond acceptors (Lipinski definition) is 3. The molecule has 0 aliphatic rings. The molecule has 0 N–H and O–H groups in total. The van der Waals surface area contributed by atoms with Crippen molar-refractivity contribution in [1.29, 1.82) is 0 Å². The largest absolute Gasteiger partial charge is 0.497 e. The summed E-state index contributed by atoms with van der Waals surface area (Å²) < 4.78 is 9.23. The zero-order valence-corrected chi connectivity index (χ0v) is 10.7. The van der Waals surface area contributed by atoms with Crippen molar-refractivity contribution in [2.24, 2.45) is 0 Å². The van der Waals surface area contributed by atoms with Crippen molar-refractivity contribution < 1.29 is 14.3 Å². The van der Waals surface area contributed by atoms with Gasteiger partial charge in [0.05, 0.1) is 11.9 Å². The zero-order valence-electron chi connectivity index (χ0n) is 9.07. The number of aldehydes is 1. The molecule has 0 saturated heterocycles. The Bertz CT molecular complexity index is 272. The molecule has 0 fully saturated rings. The number of carbonyl (C=O) groups excluding carboxylic acids is 1. The van der Waals surface area contributed by atoms with Crippen molar-refractivity contribution in [2.45, 2.75) is 4.83 Å². The average molecular weight is 275 g/mol. The summed E-state index contributed by atoms with van der Waals surface area (Å²) in [5.74, 6) is 0.796. The minimum Gasteiger partial charge on any atom is -0.497 e. The van der Waals surface area contributed by atoms with E-state index >= 15 is 0 Å². The van der Waals surface area contributed by atoms with Crippen molar-refractivity contribution in [3.05, 3.63) is 29.8 Å². The van der Waals surface area contributed by atoms with E-state index in [4.69, 9.17) is 4.74 Å². The maximum absolute atomic E-state index is 10.4. The summed E-state index contributed by atoms with van der Waals surface area (Å²) in [7, 11) is 4.86. The quantitative estimate of drug-likeness (QED) is 0.628. The van der Waals surface area contributed by atoms with E-state index in [2.05, 4.69) is 20.7 Å². The second-order valence-corrected chi connectivity index (χ2v) is 3.71. The molecule has 1 aromatic carbocycles. The first kappa shape index (κ1) is 14.1. The van der Waals surface area contributed by atoms with E-state index in [-0.39, 0.29) is 4.83 Å². The van der Waals surface area contributed by atoms with Crippen molar-refractivity contribution in [1.82, 2.24) is 0 Å². The van der Waals surface area contributed by atoms with Gasteiger partial charge in [0.15, 0.2) is 0 Å². The molecule has 1 aromatic rings. The Morgan fingerprint density at radius 1 is 1.20 bits per heavy atom. The molecule has 3 nitrogen and oxygen atoms in total. The Balaban J connectivity index is 0.000000583. The van der Waals surface area contributed by atoms with Gasteiger partial charge in [-0.25, -0.2) is 0 Å². The molecule has 1 rings (SSSR count). The summed E-state index contributed by atoms with van der Waals surface area (Å²) in [6, 6.07) is 7.36. The molecule has 0 aliphatic heterocycles. The Kier molecular flexibility index (Phi) is 7.95. The summed E-state index contributed by atoms with van der Waals surface area (Å²) in [6.45, 7) is 0. The Morgan fingerprint density at radius 2 is 1.67 bits per heavy atom. The summed E-state index contributed by atoms with van der Waals surface area (Å²) in [4.78, 5) is 10.2. The minimum atomic E-state index is -0.219. The number of hydrogen-bond donors (Lipinski definition) is 0. The van der Waals surface area contributed by atoms with Crippen molar-refractivity contribution >= 4 is 22.2 Å². The van der Waals surface area contributed by atoms with Gasteiger partial charge in [-0.2, -0.15) is 0 Å². The highest BCUT2D eigenvalue weighted by Gasteiger charge is 2.04. The fourth-order valence-electron chi connectivity index (χ4n) is 0.866. The molecule has 0 radical (unpaired) electrons. The Morgan fingerprint density at radius 3 is 2.00 bits per heavy atom. The molecule has 0 spiro atoms. The monoisotopic (exact) mass is 274 g/mol. The van der Waals surface area contributed by atoms with Crippen LogP contribution in [0.4, 0.5) is 0 Å². The van der Waals surface area contributed by atoms with E-state index in [0.29, 0.717) is 0 Å². The lowest BCUT2D eigenvalue weighted by Gasteiger charge is -2.03. The van der Waals surface area contributed by atoms with Crippen LogP contribution in [0.2, 0.25) is 0 Å². The molecule has 4 heteroatoms. The molecular formula is C11H15BrO3. The van der Waals surface area contributed by atoms with Gasteiger partial charge >= 0.3 is 0 Å². The van der Waals surface area contributed by atoms with Gasteiger partial charge in [0.25, 0.3) is 0 Å². The number of rotatable bonds is 3. The maximum Gasteiger partial charge on any atom is 0.138 e. The lowest BCUT2D eigenvalue weighted by Crippen LogP contribution is -1.90. The first-order chi connectivity index (χ1) is 7.19. The van der Waals surface area contributed by atoms with Crippen molar-refractivity contribution in [2.75, 3.05) is 21.3 Å². The zero-order chi connectivity index (χ0) is 11.7. The Hall–Kier alpha value is -0.870. The summed E-state index contributed by atoms with van der Waals surface area (Å²) >= 11 is 3.22. The van der Waals surface area contributed by atoms with Crippen LogP contribution in [-0.4, -0.2) is 27.6 Å². The number of halogens is 1. The summed E-state index contributed by atoms with van der Waals surface area (Å²) in [6.07, 6.45) is 0.849. The number of ether oxygens (including phenoxy) is 2. The smallest absolute Gasteiger partial charge is 0.138 e. The van der Waals surface area contributed by atoms with E-state index in [9.17, 15) is 4.79 Å². The van der Waals surface area contributed by atoms with Gasteiger partial charge in [-0.15, -0.1) is 0 Å². The standard InChI is InChI=1S/C9H9BrO2.C2H6O/c1-12-8-4-2-7(3-5-8)9(10)6-11;1-3-2/h2-6,9H,1H3;1-2H3. The SMILES string of the molecule is COC.COc1ccc(C(Br)C=O)cc1. The van der Waals surface area contributed by atoms with Gasteiger partial charge in [-0.3, -0.25) is 0 Å². The third-order valence-corrected chi connectivity index (χ3v) is 2.30. The molecule has 1 atom stereocenters. The Labute approximate surface area is 98.5 Å². The van der Waals surface area contributed by atoms with E-state index in [1.54, 1.807) is 21.3 Å². The average Bonchev–Trinajstić information content (AvgIpc) is 2.29. The number of benzene rings is 1. The van der Waals surface area contributed by atoms with Gasteiger partial charge in [-0.05, 0) is 17.7 Å².